The summed E-state index contributed by atoms with van der Waals surface area (Å²) < 4.78 is 0. The largest absolute Gasteiger partial charge is 0.340 e. The molecule has 0 unspecified atom stereocenters. The van der Waals surface area contributed by atoms with Gasteiger partial charge in [0, 0.05) is 18.5 Å². The van der Waals surface area contributed by atoms with E-state index in [0.717, 1.165) is 12.3 Å². The van der Waals surface area contributed by atoms with Gasteiger partial charge < -0.3 is 10.2 Å². The number of carbonyl (C=O) groups is 1. The van der Waals surface area contributed by atoms with Crippen molar-refractivity contribution in [3.63, 3.8) is 0 Å². The van der Waals surface area contributed by atoms with Crippen molar-refractivity contribution in [1.82, 2.24) is 10.2 Å². The van der Waals surface area contributed by atoms with Crippen LogP contribution in [0.15, 0.2) is 29.2 Å². The molecule has 0 atom stereocenters. The SMILES string of the molecule is CCNCC(=O)N(C)Cc1ccc(SCC)cc1. The van der Waals surface area contributed by atoms with Crippen LogP contribution in [0.3, 0.4) is 0 Å². The molecule has 0 aromatic heterocycles. The summed E-state index contributed by atoms with van der Waals surface area (Å²) in [6.07, 6.45) is 0. The van der Waals surface area contributed by atoms with Crippen molar-refractivity contribution in [1.29, 1.82) is 0 Å². The minimum absolute atomic E-state index is 0.129. The minimum Gasteiger partial charge on any atom is -0.340 e. The Bertz CT molecular complexity index is 365. The molecule has 0 aliphatic heterocycles. The summed E-state index contributed by atoms with van der Waals surface area (Å²) in [5.41, 5.74) is 1.17. The van der Waals surface area contributed by atoms with Crippen molar-refractivity contribution in [2.45, 2.75) is 25.3 Å². The van der Waals surface area contributed by atoms with Crippen LogP contribution < -0.4 is 5.32 Å². The first-order chi connectivity index (χ1) is 8.67. The molecular formula is C14H22N2OS. The highest BCUT2D eigenvalue weighted by Crippen LogP contribution is 2.18. The quantitative estimate of drug-likeness (QED) is 0.769. The number of rotatable bonds is 7. The van der Waals surface area contributed by atoms with E-state index in [0.29, 0.717) is 13.1 Å². The minimum atomic E-state index is 0.129. The maximum atomic E-state index is 11.7. The highest BCUT2D eigenvalue weighted by atomic mass is 32.2. The molecule has 0 aliphatic carbocycles. The predicted molar refractivity (Wildman–Crippen MR) is 77.9 cm³/mol. The number of nitrogens with zero attached hydrogens (tertiary/aromatic N) is 1. The van der Waals surface area contributed by atoms with E-state index < -0.39 is 0 Å². The molecule has 0 fully saturated rings. The van der Waals surface area contributed by atoms with Gasteiger partial charge in [-0.1, -0.05) is 26.0 Å². The zero-order valence-corrected chi connectivity index (χ0v) is 12.2. The van der Waals surface area contributed by atoms with Crippen LogP contribution in [0.2, 0.25) is 0 Å². The molecule has 0 saturated carbocycles. The molecule has 0 saturated heterocycles. The van der Waals surface area contributed by atoms with Gasteiger partial charge >= 0.3 is 0 Å². The highest BCUT2D eigenvalue weighted by molar-refractivity contribution is 7.99. The van der Waals surface area contributed by atoms with E-state index in [1.165, 1.54) is 10.5 Å². The maximum Gasteiger partial charge on any atom is 0.236 e. The lowest BCUT2D eigenvalue weighted by molar-refractivity contribution is -0.129. The Morgan fingerprint density at radius 2 is 1.94 bits per heavy atom. The smallest absolute Gasteiger partial charge is 0.236 e. The molecule has 100 valence electrons. The van der Waals surface area contributed by atoms with Crippen LogP contribution in [0.5, 0.6) is 0 Å². The van der Waals surface area contributed by atoms with Crippen LogP contribution in [0.4, 0.5) is 0 Å². The molecule has 1 aromatic rings. The van der Waals surface area contributed by atoms with Gasteiger partial charge in [-0.05, 0) is 30.0 Å². The average molecular weight is 266 g/mol. The fourth-order valence-corrected chi connectivity index (χ4v) is 2.25. The van der Waals surface area contributed by atoms with E-state index in [-0.39, 0.29) is 5.91 Å². The number of hydrogen-bond acceptors (Lipinski definition) is 3. The van der Waals surface area contributed by atoms with Gasteiger partial charge in [0.25, 0.3) is 0 Å². The molecule has 0 aliphatic rings. The summed E-state index contributed by atoms with van der Waals surface area (Å²) in [4.78, 5) is 14.8. The zero-order chi connectivity index (χ0) is 13.4. The van der Waals surface area contributed by atoms with Crippen LogP contribution in [0, 0.1) is 0 Å². The summed E-state index contributed by atoms with van der Waals surface area (Å²) in [6, 6.07) is 8.42. The zero-order valence-electron chi connectivity index (χ0n) is 11.4. The number of hydrogen-bond donors (Lipinski definition) is 1. The number of carbonyl (C=O) groups excluding carboxylic acids is 1. The Labute approximate surface area is 114 Å². The van der Waals surface area contributed by atoms with Crippen molar-refractivity contribution in [2.75, 3.05) is 25.9 Å². The van der Waals surface area contributed by atoms with Gasteiger partial charge in [-0.15, -0.1) is 11.8 Å². The van der Waals surface area contributed by atoms with Crippen molar-refractivity contribution < 1.29 is 4.79 Å². The topological polar surface area (TPSA) is 32.3 Å². The lowest BCUT2D eigenvalue weighted by Gasteiger charge is -2.17. The van der Waals surface area contributed by atoms with Crippen LogP contribution in [-0.4, -0.2) is 36.7 Å². The monoisotopic (exact) mass is 266 g/mol. The first kappa shape index (κ1) is 15.1. The second-order valence-corrected chi connectivity index (χ2v) is 5.44. The normalized spacial score (nSPS) is 10.4. The molecule has 3 nitrogen and oxygen atoms in total. The average Bonchev–Trinajstić information content (AvgIpc) is 2.38. The first-order valence-electron chi connectivity index (χ1n) is 6.33. The second-order valence-electron chi connectivity index (χ2n) is 4.11. The number of thioether (sulfide) groups is 1. The summed E-state index contributed by atoms with van der Waals surface area (Å²) >= 11 is 1.83. The molecule has 1 amide bonds. The molecule has 1 aromatic carbocycles. The van der Waals surface area contributed by atoms with Gasteiger partial charge in [-0.3, -0.25) is 4.79 Å². The third kappa shape index (κ3) is 5.10. The van der Waals surface area contributed by atoms with Crippen LogP contribution in [0.1, 0.15) is 19.4 Å². The highest BCUT2D eigenvalue weighted by Gasteiger charge is 2.08. The number of benzene rings is 1. The van der Waals surface area contributed by atoms with Crippen molar-refractivity contribution in [2.24, 2.45) is 0 Å². The maximum absolute atomic E-state index is 11.7. The summed E-state index contributed by atoms with van der Waals surface area (Å²) in [6.45, 7) is 6.05. The Morgan fingerprint density at radius 3 is 2.50 bits per heavy atom. The molecule has 0 bridgehead atoms. The van der Waals surface area contributed by atoms with Gasteiger partial charge in [0.1, 0.15) is 0 Å². The molecule has 18 heavy (non-hydrogen) atoms. The van der Waals surface area contributed by atoms with Gasteiger partial charge in [-0.25, -0.2) is 0 Å². The second kappa shape index (κ2) is 8.16. The summed E-state index contributed by atoms with van der Waals surface area (Å²) in [5.74, 6) is 1.21. The van der Waals surface area contributed by atoms with Crippen LogP contribution in [0.25, 0.3) is 0 Å². The Kier molecular flexibility index (Phi) is 6.83. The molecule has 1 N–H and O–H groups in total. The van der Waals surface area contributed by atoms with Crippen LogP contribution in [-0.2, 0) is 11.3 Å². The van der Waals surface area contributed by atoms with Crippen molar-refractivity contribution in [3.05, 3.63) is 29.8 Å². The lowest BCUT2D eigenvalue weighted by Crippen LogP contribution is -2.35. The predicted octanol–water partition coefficient (Wildman–Crippen LogP) is 2.37. The lowest BCUT2D eigenvalue weighted by atomic mass is 10.2. The summed E-state index contributed by atoms with van der Waals surface area (Å²) in [5, 5.41) is 3.05. The Hall–Kier alpha value is -1.00. The van der Waals surface area contributed by atoms with E-state index >= 15 is 0 Å². The standard InChI is InChI=1S/C14H22N2OS/c1-4-15-10-14(17)16(3)11-12-6-8-13(9-7-12)18-5-2/h6-9,15H,4-5,10-11H2,1-3H3. The molecule has 4 heteroatoms. The van der Waals surface area contributed by atoms with Gasteiger partial charge in [-0.2, -0.15) is 0 Å². The van der Waals surface area contributed by atoms with Crippen molar-refractivity contribution >= 4 is 17.7 Å². The molecular weight excluding hydrogens is 244 g/mol. The molecule has 0 heterocycles. The van der Waals surface area contributed by atoms with Crippen molar-refractivity contribution in [3.8, 4) is 0 Å². The Balaban J connectivity index is 2.48. The van der Waals surface area contributed by atoms with E-state index in [9.17, 15) is 4.79 Å². The Morgan fingerprint density at radius 1 is 1.28 bits per heavy atom. The fourth-order valence-electron chi connectivity index (χ4n) is 1.59. The molecule has 0 spiro atoms. The third-order valence-corrected chi connectivity index (χ3v) is 3.50. The van der Waals surface area contributed by atoms with E-state index in [2.05, 4.69) is 36.5 Å². The van der Waals surface area contributed by atoms with E-state index in [4.69, 9.17) is 0 Å². The van der Waals surface area contributed by atoms with E-state index in [1.54, 1.807) is 4.90 Å². The summed E-state index contributed by atoms with van der Waals surface area (Å²) in [7, 11) is 1.84. The molecule has 1 rings (SSSR count). The van der Waals surface area contributed by atoms with E-state index in [1.807, 2.05) is 25.7 Å². The van der Waals surface area contributed by atoms with Gasteiger partial charge in [0.2, 0.25) is 5.91 Å². The van der Waals surface area contributed by atoms with Crippen LogP contribution >= 0.6 is 11.8 Å². The number of amides is 1. The third-order valence-electron chi connectivity index (χ3n) is 2.61. The number of likely N-dealkylation sites (N-methyl/N-ethyl adjacent to an activating group) is 2. The first-order valence-corrected chi connectivity index (χ1v) is 7.32. The fraction of sp³-hybridized carbons (Fsp3) is 0.500. The molecule has 0 radical (unpaired) electrons. The van der Waals surface area contributed by atoms with Gasteiger partial charge in [0.15, 0.2) is 0 Å². The number of nitrogens with one attached hydrogen (secondary N) is 1. The van der Waals surface area contributed by atoms with Gasteiger partial charge in [0.05, 0.1) is 6.54 Å².